The molecule has 0 saturated carbocycles. The molecule has 278 valence electrons. The van der Waals surface area contributed by atoms with Gasteiger partial charge in [0.25, 0.3) is 0 Å². The minimum atomic E-state index is -1.14. The maximum Gasteiger partial charge on any atom is 0.307 e. The van der Waals surface area contributed by atoms with Crippen LogP contribution in [0.1, 0.15) is 36.8 Å². The van der Waals surface area contributed by atoms with E-state index in [2.05, 4.69) is 38.8 Å². The molecular weight excluding hydrogens is 731 g/mol. The van der Waals surface area contributed by atoms with Crippen molar-refractivity contribution in [3.8, 4) is 0 Å². The van der Waals surface area contributed by atoms with E-state index in [1.165, 1.54) is 18.2 Å². The smallest absolute Gasteiger partial charge is 0.307 e. The van der Waals surface area contributed by atoms with Crippen molar-refractivity contribution in [2.24, 2.45) is 10.3 Å². The molecule has 0 aromatic heterocycles. The van der Waals surface area contributed by atoms with Crippen LogP contribution in [0.4, 0.5) is 17.6 Å². The third-order valence-electron chi connectivity index (χ3n) is 7.12. The first-order chi connectivity index (χ1) is 24.3. The summed E-state index contributed by atoms with van der Waals surface area (Å²) in [6, 6.07) is 6.44. The lowest BCUT2D eigenvalue weighted by atomic mass is 10.0. The van der Waals surface area contributed by atoms with Gasteiger partial charge in [-0.2, -0.15) is 0 Å². The molecule has 2 aromatic carbocycles. The standard InChI is InChI=1S/C15H16F2N2O3.C11H9F2NO3.C4H9NO.C2Cl2O2/c16-10-1-2-12(13(17)7-10)14-8-11(22-18-14)9-15(20)19-3-5-21-6-4-19;12-6-1-2-8(9(13)3-6)10-4-7(17-14-10)5-11(15)16;1-3-6-4-2-5-1;3-1(5)2(4)6/h1-2,7,11H,3-6,8-9H2;1-3,7H,4-5H2,(H,15,16);5H,1-4H2;/t11-;7-;;/m11../s1. The average Bonchev–Trinajstić information content (AvgIpc) is 3.76. The fourth-order valence-corrected chi connectivity index (χ4v) is 4.69. The van der Waals surface area contributed by atoms with Crippen molar-refractivity contribution in [1.82, 2.24) is 10.2 Å². The number of nitrogens with zero attached hydrogens (tertiary/aromatic N) is 3. The highest BCUT2D eigenvalue weighted by Gasteiger charge is 2.29. The minimum absolute atomic E-state index is 0.0238. The highest BCUT2D eigenvalue weighted by atomic mass is 35.5. The molecule has 19 heteroatoms. The van der Waals surface area contributed by atoms with Crippen LogP contribution in [0.3, 0.4) is 0 Å². The van der Waals surface area contributed by atoms with Gasteiger partial charge in [-0.05, 0) is 47.5 Å². The number of halogens is 6. The second kappa shape index (κ2) is 21.3. The van der Waals surface area contributed by atoms with E-state index < -0.39 is 51.9 Å². The fraction of sp³-hybridized carbons (Fsp3) is 0.438. The Kier molecular flexibility index (Phi) is 17.2. The first kappa shape index (κ1) is 41.3. The van der Waals surface area contributed by atoms with Crippen molar-refractivity contribution in [2.75, 3.05) is 52.6 Å². The van der Waals surface area contributed by atoms with E-state index in [-0.39, 0.29) is 36.3 Å². The number of rotatable bonds is 7. The molecule has 4 heterocycles. The summed E-state index contributed by atoms with van der Waals surface area (Å²) in [6.45, 7) is 6.07. The van der Waals surface area contributed by atoms with Gasteiger partial charge in [-0.25, -0.2) is 17.6 Å². The zero-order valence-electron chi connectivity index (χ0n) is 26.9. The molecule has 2 saturated heterocycles. The highest BCUT2D eigenvalue weighted by Crippen LogP contribution is 2.23. The molecule has 2 fully saturated rings. The summed E-state index contributed by atoms with van der Waals surface area (Å²) in [6.07, 6.45) is -0.471. The van der Waals surface area contributed by atoms with E-state index in [0.717, 1.165) is 44.5 Å². The van der Waals surface area contributed by atoms with Crippen molar-refractivity contribution in [3.05, 3.63) is 70.8 Å². The Morgan fingerprint density at radius 2 is 1.20 bits per heavy atom. The molecule has 0 spiro atoms. The van der Waals surface area contributed by atoms with Crippen LogP contribution >= 0.6 is 23.2 Å². The summed E-state index contributed by atoms with van der Waals surface area (Å²) in [5.41, 5.74) is 1.05. The van der Waals surface area contributed by atoms with Gasteiger partial charge in [-0.3, -0.25) is 19.2 Å². The maximum absolute atomic E-state index is 13.7. The van der Waals surface area contributed by atoms with Crippen LogP contribution in [0, 0.1) is 23.3 Å². The van der Waals surface area contributed by atoms with Crippen LogP contribution in [0.5, 0.6) is 0 Å². The molecule has 0 radical (unpaired) electrons. The second-order valence-corrected chi connectivity index (χ2v) is 11.6. The number of carboxylic acids is 1. The molecule has 1 amide bonds. The predicted octanol–water partition coefficient (Wildman–Crippen LogP) is 3.76. The normalized spacial score (nSPS) is 19.2. The Morgan fingerprint density at radius 1 is 0.745 bits per heavy atom. The van der Waals surface area contributed by atoms with Crippen LogP contribution in [0.15, 0.2) is 46.7 Å². The van der Waals surface area contributed by atoms with Crippen molar-refractivity contribution >= 4 is 57.0 Å². The third-order valence-corrected chi connectivity index (χ3v) is 7.56. The van der Waals surface area contributed by atoms with Gasteiger partial charge >= 0.3 is 16.5 Å². The van der Waals surface area contributed by atoms with Gasteiger partial charge in [0.2, 0.25) is 5.91 Å². The van der Waals surface area contributed by atoms with Gasteiger partial charge in [0, 0.05) is 62.3 Å². The summed E-state index contributed by atoms with van der Waals surface area (Å²) in [4.78, 5) is 53.2. The summed E-state index contributed by atoms with van der Waals surface area (Å²) in [5, 5.41) is 16.9. The van der Waals surface area contributed by atoms with E-state index in [1.54, 1.807) is 4.90 Å². The van der Waals surface area contributed by atoms with Crippen LogP contribution in [-0.4, -0.2) is 109 Å². The molecule has 13 nitrogen and oxygen atoms in total. The molecule has 4 aliphatic heterocycles. The number of nitrogens with one attached hydrogen (secondary N) is 1. The molecular formula is C32H34Cl2F4N4O9. The summed E-state index contributed by atoms with van der Waals surface area (Å²) in [5.74, 6) is -3.76. The maximum atomic E-state index is 13.7. The molecule has 6 rings (SSSR count). The fourth-order valence-electron chi connectivity index (χ4n) is 4.69. The van der Waals surface area contributed by atoms with Crippen molar-refractivity contribution < 1.29 is 61.0 Å². The van der Waals surface area contributed by atoms with Crippen molar-refractivity contribution in [1.29, 1.82) is 0 Å². The van der Waals surface area contributed by atoms with Gasteiger partial charge in [0.15, 0.2) is 0 Å². The number of ether oxygens (including phenoxy) is 2. The zero-order valence-corrected chi connectivity index (χ0v) is 28.4. The molecule has 0 bridgehead atoms. The number of benzene rings is 2. The number of carboxylic acid groups (broad SMARTS) is 1. The Hall–Kier alpha value is -4.16. The molecule has 0 unspecified atom stereocenters. The monoisotopic (exact) mass is 764 g/mol. The van der Waals surface area contributed by atoms with Gasteiger partial charge in [0.05, 0.1) is 50.7 Å². The third kappa shape index (κ3) is 14.5. The van der Waals surface area contributed by atoms with Crippen molar-refractivity contribution in [3.63, 3.8) is 0 Å². The molecule has 2 aromatic rings. The van der Waals surface area contributed by atoms with Crippen LogP contribution in [0.2, 0.25) is 0 Å². The van der Waals surface area contributed by atoms with Gasteiger partial charge < -0.3 is 34.5 Å². The molecule has 2 N–H and O–H groups in total. The number of hydrogen-bond acceptors (Lipinski definition) is 11. The highest BCUT2D eigenvalue weighted by molar-refractivity contribution is 6.97. The first-order valence-corrected chi connectivity index (χ1v) is 16.2. The molecule has 51 heavy (non-hydrogen) atoms. The lowest BCUT2D eigenvalue weighted by molar-refractivity contribution is -0.140. The topological polar surface area (TPSA) is 165 Å². The van der Waals surface area contributed by atoms with Crippen LogP contribution in [0.25, 0.3) is 0 Å². The van der Waals surface area contributed by atoms with Gasteiger partial charge in [-0.15, -0.1) is 0 Å². The number of morpholine rings is 2. The molecule has 4 aliphatic rings. The Balaban J connectivity index is 0.000000212. The summed E-state index contributed by atoms with van der Waals surface area (Å²) < 4.78 is 62.9. The Labute approximate surface area is 299 Å². The predicted molar refractivity (Wildman–Crippen MR) is 174 cm³/mol. The zero-order chi connectivity index (χ0) is 37.3. The van der Waals surface area contributed by atoms with Crippen LogP contribution in [-0.2, 0) is 38.3 Å². The van der Waals surface area contributed by atoms with Gasteiger partial charge in [0.1, 0.15) is 35.5 Å². The van der Waals surface area contributed by atoms with E-state index in [1.807, 2.05) is 0 Å². The number of hydrogen-bond donors (Lipinski definition) is 2. The van der Waals surface area contributed by atoms with Gasteiger partial charge in [-0.1, -0.05) is 10.3 Å². The number of carbonyl (C=O) groups is 4. The van der Waals surface area contributed by atoms with Crippen molar-refractivity contribution in [2.45, 2.75) is 37.9 Å². The average molecular weight is 766 g/mol. The Morgan fingerprint density at radius 3 is 1.57 bits per heavy atom. The van der Waals surface area contributed by atoms with E-state index in [0.29, 0.717) is 44.1 Å². The first-order valence-electron chi connectivity index (χ1n) is 15.4. The second-order valence-electron chi connectivity index (χ2n) is 10.9. The van der Waals surface area contributed by atoms with Crippen LogP contribution < -0.4 is 5.32 Å². The lowest BCUT2D eigenvalue weighted by Crippen LogP contribution is -2.41. The molecule has 0 aliphatic carbocycles. The summed E-state index contributed by atoms with van der Waals surface area (Å²) in [7, 11) is 0. The number of amides is 1. The number of aliphatic carboxylic acids is 1. The number of oxime groups is 2. The van der Waals surface area contributed by atoms with E-state index in [9.17, 15) is 36.7 Å². The number of carbonyl (C=O) groups excluding carboxylic acids is 3. The van der Waals surface area contributed by atoms with E-state index in [4.69, 9.17) is 24.3 Å². The SMILES string of the molecule is C1COCCN1.O=C(C[C@H]1CC(c2ccc(F)cc2F)=NO1)N1CCOCC1.O=C(Cl)C(=O)Cl.O=C(O)C[C@H]1CC(c2ccc(F)cc2F)=NO1. The quantitative estimate of drug-likeness (QED) is 0.241. The molecule has 2 atom stereocenters. The summed E-state index contributed by atoms with van der Waals surface area (Å²) >= 11 is 8.98. The lowest BCUT2D eigenvalue weighted by Gasteiger charge is -2.27. The Bertz CT molecular complexity index is 1570. The van der Waals surface area contributed by atoms with E-state index >= 15 is 0 Å². The largest absolute Gasteiger partial charge is 0.481 e. The minimum Gasteiger partial charge on any atom is -0.481 e.